The van der Waals surface area contributed by atoms with Crippen LogP contribution in [0.25, 0.3) is 0 Å². The number of nitrogens with one attached hydrogen (secondary N) is 1. The molecule has 0 saturated carbocycles. The van der Waals surface area contributed by atoms with E-state index in [0.29, 0.717) is 11.3 Å². The molecule has 0 saturated heterocycles. The fraction of sp³-hybridized carbons (Fsp3) is 0.0667. The highest BCUT2D eigenvalue weighted by atomic mass is 79.9. The van der Waals surface area contributed by atoms with E-state index in [-0.39, 0.29) is 5.91 Å². The van der Waals surface area contributed by atoms with Crippen LogP contribution in [-0.4, -0.2) is 19.2 Å². The Kier molecular flexibility index (Phi) is 5.52. The number of amides is 1. The van der Waals surface area contributed by atoms with E-state index < -0.39 is 0 Å². The van der Waals surface area contributed by atoms with E-state index >= 15 is 0 Å². The Hall–Kier alpha value is -1.66. The van der Waals surface area contributed by atoms with Crippen molar-refractivity contribution in [2.24, 2.45) is 5.10 Å². The van der Waals surface area contributed by atoms with E-state index in [9.17, 15) is 4.79 Å². The molecule has 0 heterocycles. The summed E-state index contributed by atoms with van der Waals surface area (Å²) in [5.74, 6) is 0.163. The van der Waals surface area contributed by atoms with Crippen LogP contribution in [0.3, 0.4) is 0 Å². The topological polar surface area (TPSA) is 50.7 Å². The van der Waals surface area contributed by atoms with E-state index in [2.05, 4.69) is 42.4 Å². The van der Waals surface area contributed by atoms with Crippen LogP contribution in [0.2, 0.25) is 0 Å². The summed E-state index contributed by atoms with van der Waals surface area (Å²) >= 11 is 6.68. The van der Waals surface area contributed by atoms with E-state index in [1.54, 1.807) is 24.4 Å². The third kappa shape index (κ3) is 4.41. The molecule has 0 aliphatic heterocycles. The average molecular weight is 412 g/mol. The number of benzene rings is 2. The summed E-state index contributed by atoms with van der Waals surface area (Å²) in [5, 5.41) is 3.94. The van der Waals surface area contributed by atoms with Crippen LogP contribution in [0.15, 0.2) is 56.5 Å². The van der Waals surface area contributed by atoms with Crippen LogP contribution in [0.4, 0.5) is 0 Å². The van der Waals surface area contributed by atoms with Crippen molar-refractivity contribution in [3.05, 3.63) is 62.5 Å². The Labute approximate surface area is 139 Å². The van der Waals surface area contributed by atoms with Crippen molar-refractivity contribution < 1.29 is 9.53 Å². The summed E-state index contributed by atoms with van der Waals surface area (Å²) in [6.45, 7) is 0. The molecule has 2 aromatic rings. The number of nitrogens with zero attached hydrogens (tertiary/aromatic N) is 1. The van der Waals surface area contributed by atoms with Gasteiger partial charge in [0.15, 0.2) is 0 Å². The van der Waals surface area contributed by atoms with E-state index in [1.165, 1.54) is 7.11 Å². The molecule has 0 unspecified atom stereocenters. The molecule has 0 radical (unpaired) electrons. The summed E-state index contributed by atoms with van der Waals surface area (Å²) in [6, 6.07) is 12.8. The van der Waals surface area contributed by atoms with Gasteiger partial charge in [-0.15, -0.1) is 0 Å². The number of ether oxygens (including phenoxy) is 1. The van der Waals surface area contributed by atoms with Crippen molar-refractivity contribution in [3.63, 3.8) is 0 Å². The van der Waals surface area contributed by atoms with Crippen LogP contribution in [0.1, 0.15) is 15.9 Å². The minimum atomic E-state index is -0.332. The van der Waals surface area contributed by atoms with Gasteiger partial charge in [0.1, 0.15) is 5.75 Å². The number of hydrazone groups is 1. The molecule has 4 nitrogen and oxygen atoms in total. The van der Waals surface area contributed by atoms with Crippen molar-refractivity contribution in [2.75, 3.05) is 7.11 Å². The molecule has 0 atom stereocenters. The Balaban J connectivity index is 2.08. The predicted molar refractivity (Wildman–Crippen MR) is 89.9 cm³/mol. The molecule has 6 heteroatoms. The van der Waals surface area contributed by atoms with Crippen LogP contribution in [-0.2, 0) is 0 Å². The molecular weight excluding hydrogens is 400 g/mol. The zero-order chi connectivity index (χ0) is 15.2. The molecule has 0 fully saturated rings. The smallest absolute Gasteiger partial charge is 0.275 e. The van der Waals surface area contributed by atoms with Gasteiger partial charge in [-0.3, -0.25) is 4.79 Å². The van der Waals surface area contributed by atoms with Gasteiger partial charge in [-0.2, -0.15) is 5.10 Å². The minimum absolute atomic E-state index is 0.332. The molecule has 108 valence electrons. The van der Waals surface area contributed by atoms with Crippen LogP contribution in [0.5, 0.6) is 5.75 Å². The highest BCUT2D eigenvalue weighted by Crippen LogP contribution is 2.22. The van der Waals surface area contributed by atoms with Gasteiger partial charge in [-0.1, -0.05) is 44.0 Å². The molecule has 0 spiro atoms. The summed E-state index contributed by atoms with van der Waals surface area (Å²) < 4.78 is 6.95. The number of hydrogen-bond acceptors (Lipinski definition) is 3. The molecule has 1 amide bonds. The van der Waals surface area contributed by atoms with E-state index in [4.69, 9.17) is 4.74 Å². The summed E-state index contributed by atoms with van der Waals surface area (Å²) in [5.41, 5.74) is 3.79. The molecule has 0 bridgehead atoms. The Morgan fingerprint density at radius 3 is 2.48 bits per heavy atom. The molecule has 2 rings (SSSR count). The van der Waals surface area contributed by atoms with Gasteiger partial charge < -0.3 is 4.74 Å². The SMILES string of the molecule is COc1ccc(Br)cc1C(=O)N/N=C\c1ccc(Br)cc1. The lowest BCUT2D eigenvalue weighted by atomic mass is 10.2. The third-order valence-corrected chi connectivity index (χ3v) is 3.68. The highest BCUT2D eigenvalue weighted by Gasteiger charge is 2.11. The van der Waals surface area contributed by atoms with E-state index in [0.717, 1.165) is 14.5 Å². The van der Waals surface area contributed by atoms with Gasteiger partial charge in [0.2, 0.25) is 0 Å². The second kappa shape index (κ2) is 7.38. The van der Waals surface area contributed by atoms with E-state index in [1.807, 2.05) is 24.3 Å². The molecule has 1 N–H and O–H groups in total. The lowest BCUT2D eigenvalue weighted by Gasteiger charge is -2.07. The predicted octanol–water partition coefficient (Wildman–Crippen LogP) is 3.98. The number of rotatable bonds is 4. The standard InChI is InChI=1S/C15H12Br2N2O2/c1-21-14-7-6-12(17)8-13(14)15(20)19-18-9-10-2-4-11(16)5-3-10/h2-9H,1H3,(H,19,20)/b18-9-. The lowest BCUT2D eigenvalue weighted by Crippen LogP contribution is -2.18. The molecule has 0 aliphatic carbocycles. The molecular formula is C15H12Br2N2O2. The molecule has 0 aliphatic rings. The maximum Gasteiger partial charge on any atom is 0.275 e. The largest absolute Gasteiger partial charge is 0.496 e. The van der Waals surface area contributed by atoms with Gasteiger partial charge in [-0.25, -0.2) is 5.43 Å². The zero-order valence-electron chi connectivity index (χ0n) is 11.1. The summed E-state index contributed by atoms with van der Waals surface area (Å²) in [4.78, 5) is 12.1. The quantitative estimate of drug-likeness (QED) is 0.610. The van der Waals surface area contributed by atoms with Gasteiger partial charge in [0.05, 0.1) is 18.9 Å². The van der Waals surface area contributed by atoms with Crippen LogP contribution < -0.4 is 10.2 Å². The van der Waals surface area contributed by atoms with Crippen molar-refractivity contribution >= 4 is 44.0 Å². The highest BCUT2D eigenvalue weighted by molar-refractivity contribution is 9.10. The van der Waals surface area contributed by atoms with Gasteiger partial charge in [-0.05, 0) is 35.9 Å². The van der Waals surface area contributed by atoms with Gasteiger partial charge >= 0.3 is 0 Å². The number of methoxy groups -OCH3 is 1. The fourth-order valence-corrected chi connectivity index (χ4v) is 2.26. The number of halogens is 2. The van der Waals surface area contributed by atoms with Crippen LogP contribution in [0, 0.1) is 0 Å². The normalized spacial score (nSPS) is 10.6. The number of carbonyl (C=O) groups excluding carboxylic acids is 1. The molecule has 0 aromatic heterocycles. The third-order valence-electron chi connectivity index (χ3n) is 2.66. The fourth-order valence-electron chi connectivity index (χ4n) is 1.63. The first-order chi connectivity index (χ1) is 10.1. The number of hydrogen-bond donors (Lipinski definition) is 1. The van der Waals surface area contributed by atoms with Gasteiger partial charge in [0, 0.05) is 8.95 Å². The van der Waals surface area contributed by atoms with Crippen molar-refractivity contribution in [1.29, 1.82) is 0 Å². The lowest BCUT2D eigenvalue weighted by molar-refractivity contribution is 0.0952. The average Bonchev–Trinajstić information content (AvgIpc) is 2.49. The van der Waals surface area contributed by atoms with Crippen molar-refractivity contribution in [2.45, 2.75) is 0 Å². The van der Waals surface area contributed by atoms with Gasteiger partial charge in [0.25, 0.3) is 5.91 Å². The monoisotopic (exact) mass is 410 g/mol. The van der Waals surface area contributed by atoms with Crippen molar-refractivity contribution in [3.8, 4) is 5.75 Å². The summed E-state index contributed by atoms with van der Waals surface area (Å²) in [7, 11) is 1.52. The maximum atomic E-state index is 12.1. The second-order valence-corrected chi connectivity index (χ2v) is 5.93. The first kappa shape index (κ1) is 15.7. The zero-order valence-corrected chi connectivity index (χ0v) is 14.3. The second-order valence-electron chi connectivity index (χ2n) is 4.10. The first-order valence-electron chi connectivity index (χ1n) is 6.02. The maximum absolute atomic E-state index is 12.1. The summed E-state index contributed by atoms with van der Waals surface area (Å²) in [6.07, 6.45) is 1.58. The molecule has 2 aromatic carbocycles. The molecule has 21 heavy (non-hydrogen) atoms. The number of carbonyl (C=O) groups is 1. The Bertz CT molecular complexity index is 670. The first-order valence-corrected chi connectivity index (χ1v) is 7.61. The minimum Gasteiger partial charge on any atom is -0.496 e. The Morgan fingerprint density at radius 1 is 1.14 bits per heavy atom. The van der Waals surface area contributed by atoms with Crippen molar-refractivity contribution in [1.82, 2.24) is 5.43 Å². The Morgan fingerprint density at radius 2 is 1.81 bits per heavy atom. The van der Waals surface area contributed by atoms with Crippen LogP contribution >= 0.6 is 31.9 Å².